The van der Waals surface area contributed by atoms with Crippen LogP contribution in [-0.2, 0) is 22.6 Å². The molecule has 0 aromatic heterocycles. The number of carbonyl (C=O) groups is 2. The van der Waals surface area contributed by atoms with E-state index in [2.05, 4.69) is 24.7 Å². The second kappa shape index (κ2) is 12.4. The monoisotopic (exact) mass is 538 g/mol. The zero-order chi connectivity index (χ0) is 28.0. The first-order valence-corrected chi connectivity index (χ1v) is 13.0. The smallest absolute Gasteiger partial charge is 0.411 e. The summed E-state index contributed by atoms with van der Waals surface area (Å²) in [5.74, 6) is -2.12. The van der Waals surface area contributed by atoms with E-state index in [1.54, 1.807) is 6.07 Å². The predicted molar refractivity (Wildman–Crippen MR) is 146 cm³/mol. The van der Waals surface area contributed by atoms with E-state index in [1.165, 1.54) is 0 Å². The van der Waals surface area contributed by atoms with Crippen LogP contribution in [0.1, 0.15) is 30.4 Å². The maximum absolute atomic E-state index is 14.2. The number of amides is 2. The Morgan fingerprint density at radius 3 is 2.36 bits per heavy atom. The van der Waals surface area contributed by atoms with Gasteiger partial charge in [-0.2, -0.15) is 0 Å². The van der Waals surface area contributed by atoms with Crippen molar-refractivity contribution in [2.45, 2.75) is 38.4 Å². The Balaban J connectivity index is 1.44. The molecule has 0 unspecified atom stereocenters. The lowest BCUT2D eigenvalue weighted by molar-refractivity contribution is -0.896. The third kappa shape index (κ3) is 7.61. The third-order valence-corrected chi connectivity index (χ3v) is 7.01. The van der Waals surface area contributed by atoms with Crippen molar-refractivity contribution in [2.24, 2.45) is 0 Å². The minimum atomic E-state index is -0.827. The number of aryl methyl sites for hydroxylation is 1. The average Bonchev–Trinajstić information content (AvgIpc) is 2.91. The Morgan fingerprint density at radius 2 is 1.67 bits per heavy atom. The number of likely N-dealkylation sites (tertiary alicyclic amines) is 1. The molecule has 1 fully saturated rings. The molecule has 1 saturated heterocycles. The van der Waals surface area contributed by atoms with E-state index in [-0.39, 0.29) is 23.8 Å². The zero-order valence-electron chi connectivity index (χ0n) is 22.2. The van der Waals surface area contributed by atoms with Crippen LogP contribution in [0.2, 0.25) is 0 Å². The van der Waals surface area contributed by atoms with Gasteiger partial charge < -0.3 is 19.6 Å². The molecule has 0 saturated carbocycles. The van der Waals surface area contributed by atoms with Crippen LogP contribution in [-0.4, -0.2) is 54.9 Å². The summed E-state index contributed by atoms with van der Waals surface area (Å²) < 4.78 is 34.7. The number of quaternary nitrogens is 1. The summed E-state index contributed by atoms with van der Waals surface area (Å²) in [5, 5.41) is 14.3. The molecule has 0 radical (unpaired) electrons. The van der Waals surface area contributed by atoms with E-state index in [9.17, 15) is 18.4 Å². The minimum Gasteiger partial charge on any atom is -0.446 e. The van der Waals surface area contributed by atoms with Gasteiger partial charge in [0, 0.05) is 36.5 Å². The molecular weight excluding hydrogens is 504 g/mol. The average molecular weight is 539 g/mol. The number of hydrogen-bond donors (Lipinski definition) is 3. The summed E-state index contributed by atoms with van der Waals surface area (Å²) in [4.78, 5) is 25.3. The molecule has 7 nitrogen and oxygen atoms in total. The van der Waals surface area contributed by atoms with E-state index in [4.69, 9.17) is 9.84 Å². The number of nitrogens with zero attached hydrogens (tertiary/aromatic N) is 1. The van der Waals surface area contributed by atoms with Crippen LogP contribution in [0.3, 0.4) is 0 Å². The van der Waals surface area contributed by atoms with Gasteiger partial charge in [0.25, 0.3) is 0 Å². The van der Waals surface area contributed by atoms with Crippen LogP contribution >= 0.6 is 0 Å². The first-order chi connectivity index (χ1) is 18.6. The summed E-state index contributed by atoms with van der Waals surface area (Å²) in [6.07, 6.45) is 1.25. The molecule has 1 heterocycles. The lowest BCUT2D eigenvalue weighted by atomic mass is 9.99. The number of ether oxygens (including phenoxy) is 1. The number of piperidine rings is 1. The normalized spacial score (nSPS) is 15.0. The molecule has 3 aromatic carbocycles. The van der Waals surface area contributed by atoms with Gasteiger partial charge in [-0.25, -0.2) is 13.6 Å². The summed E-state index contributed by atoms with van der Waals surface area (Å²) in [6.45, 7) is 1.23. The summed E-state index contributed by atoms with van der Waals surface area (Å²) in [6, 6.07) is 16.9. The summed E-state index contributed by atoms with van der Waals surface area (Å²) in [5.41, 5.74) is 2.59. The Labute approximate surface area is 227 Å². The molecule has 0 bridgehead atoms. The molecule has 39 heavy (non-hydrogen) atoms. The minimum absolute atomic E-state index is 0.00743. The number of aliphatic hydroxyl groups is 1. The van der Waals surface area contributed by atoms with E-state index in [0.29, 0.717) is 12.1 Å². The van der Waals surface area contributed by atoms with Crippen molar-refractivity contribution in [3.05, 3.63) is 83.4 Å². The van der Waals surface area contributed by atoms with Gasteiger partial charge in [0.2, 0.25) is 5.91 Å². The number of halogens is 2. The van der Waals surface area contributed by atoms with E-state index < -0.39 is 30.2 Å². The van der Waals surface area contributed by atoms with Crippen LogP contribution in [0.25, 0.3) is 11.1 Å². The van der Waals surface area contributed by atoms with Crippen LogP contribution in [0.15, 0.2) is 60.7 Å². The van der Waals surface area contributed by atoms with Crippen molar-refractivity contribution >= 4 is 23.4 Å². The molecule has 206 valence electrons. The maximum atomic E-state index is 14.2. The standard InChI is InChI=1S/C30H33F2N3O4/c1-35(2)14-12-23(13-15-35)39-30(38)34-27-16-20(8-10-24(27)21-6-4-3-5-7-21)9-11-29(37)33-28-18-25(31)22(19-36)17-26(28)32/h3-8,10,16-18,23,36H,9,11-15,19H2,1-2H3,(H-,33,34,37,38)/p+1. The van der Waals surface area contributed by atoms with Gasteiger partial charge in [0.15, 0.2) is 0 Å². The molecule has 4 rings (SSSR count). The van der Waals surface area contributed by atoms with Crippen molar-refractivity contribution in [3.63, 3.8) is 0 Å². The molecule has 1 aliphatic rings. The second-order valence-electron chi connectivity index (χ2n) is 10.5. The Hall–Kier alpha value is -3.82. The molecule has 0 aliphatic carbocycles. The fourth-order valence-corrected chi connectivity index (χ4v) is 4.65. The molecule has 0 spiro atoms. The molecule has 1 aliphatic heterocycles. The van der Waals surface area contributed by atoms with Crippen LogP contribution < -0.4 is 10.6 Å². The summed E-state index contributed by atoms with van der Waals surface area (Å²) >= 11 is 0. The van der Waals surface area contributed by atoms with E-state index >= 15 is 0 Å². The largest absolute Gasteiger partial charge is 0.446 e. The number of rotatable bonds is 8. The van der Waals surface area contributed by atoms with Gasteiger partial charge in [-0.15, -0.1) is 0 Å². The Morgan fingerprint density at radius 1 is 0.949 bits per heavy atom. The highest BCUT2D eigenvalue weighted by Crippen LogP contribution is 2.30. The summed E-state index contributed by atoms with van der Waals surface area (Å²) in [7, 11) is 4.33. The van der Waals surface area contributed by atoms with Crippen molar-refractivity contribution in [1.82, 2.24) is 0 Å². The molecule has 3 aromatic rings. The lowest BCUT2D eigenvalue weighted by Gasteiger charge is -2.36. The zero-order valence-corrected chi connectivity index (χ0v) is 22.2. The molecule has 0 atom stereocenters. The number of anilines is 2. The highest BCUT2D eigenvalue weighted by Gasteiger charge is 2.28. The topological polar surface area (TPSA) is 87.7 Å². The molecule has 2 amide bonds. The van der Waals surface area contributed by atoms with Gasteiger partial charge in [-0.1, -0.05) is 42.5 Å². The van der Waals surface area contributed by atoms with Gasteiger partial charge in [0.05, 0.1) is 45.2 Å². The number of carbonyl (C=O) groups excluding carboxylic acids is 2. The van der Waals surface area contributed by atoms with Gasteiger partial charge in [-0.05, 0) is 29.7 Å². The first-order valence-electron chi connectivity index (χ1n) is 13.0. The van der Waals surface area contributed by atoms with E-state index in [1.807, 2.05) is 42.5 Å². The predicted octanol–water partition coefficient (Wildman–Crippen LogP) is 5.48. The SMILES string of the molecule is C[N+]1(C)CCC(OC(=O)Nc2cc(CCC(=O)Nc3cc(F)c(CO)cc3F)ccc2-c2ccccc2)CC1. The highest BCUT2D eigenvalue weighted by molar-refractivity contribution is 5.92. The number of hydrogen-bond acceptors (Lipinski definition) is 4. The van der Waals surface area contributed by atoms with Crippen LogP contribution in [0.5, 0.6) is 0 Å². The number of aliphatic hydroxyl groups excluding tert-OH is 1. The van der Waals surface area contributed by atoms with Gasteiger partial charge in [-0.3, -0.25) is 10.1 Å². The third-order valence-electron chi connectivity index (χ3n) is 7.01. The van der Waals surface area contributed by atoms with Crippen molar-refractivity contribution in [3.8, 4) is 11.1 Å². The molecule has 9 heteroatoms. The van der Waals surface area contributed by atoms with Crippen molar-refractivity contribution < 1.29 is 32.7 Å². The number of nitrogens with one attached hydrogen (secondary N) is 2. The Bertz CT molecular complexity index is 1320. The molecular formula is C30H34F2N3O4+. The fourth-order valence-electron chi connectivity index (χ4n) is 4.65. The fraction of sp³-hybridized carbons (Fsp3) is 0.333. The molecule has 3 N–H and O–H groups in total. The first kappa shape index (κ1) is 28.2. The van der Waals surface area contributed by atoms with Gasteiger partial charge >= 0.3 is 6.09 Å². The van der Waals surface area contributed by atoms with Crippen molar-refractivity contribution in [1.29, 1.82) is 0 Å². The second-order valence-corrected chi connectivity index (χ2v) is 10.5. The Kier molecular flexibility index (Phi) is 8.93. The number of benzene rings is 3. The van der Waals surface area contributed by atoms with E-state index in [0.717, 1.165) is 59.2 Å². The van der Waals surface area contributed by atoms with Crippen molar-refractivity contribution in [2.75, 3.05) is 37.8 Å². The lowest BCUT2D eigenvalue weighted by Crippen LogP contribution is -2.48. The highest BCUT2D eigenvalue weighted by atomic mass is 19.1. The van der Waals surface area contributed by atoms with Crippen LogP contribution in [0.4, 0.5) is 25.0 Å². The van der Waals surface area contributed by atoms with Crippen LogP contribution in [0, 0.1) is 11.6 Å². The quantitative estimate of drug-likeness (QED) is 0.332. The maximum Gasteiger partial charge on any atom is 0.411 e. The van der Waals surface area contributed by atoms with Gasteiger partial charge in [0.1, 0.15) is 17.7 Å².